The SMILES string of the molecule is CCc1ccc(-n2c(C)cc(/C=N\NC(=O)c3cccnc3)c2C)cc1. The molecule has 1 aromatic carbocycles. The van der Waals surface area contributed by atoms with Crippen LogP contribution in [0.5, 0.6) is 0 Å². The molecule has 1 amide bonds. The minimum absolute atomic E-state index is 0.279. The maximum Gasteiger partial charge on any atom is 0.272 e. The van der Waals surface area contributed by atoms with Gasteiger partial charge in [0.2, 0.25) is 0 Å². The lowest BCUT2D eigenvalue weighted by molar-refractivity contribution is 0.0955. The summed E-state index contributed by atoms with van der Waals surface area (Å²) in [5.41, 5.74) is 8.61. The van der Waals surface area contributed by atoms with Crippen molar-refractivity contribution in [3.05, 3.63) is 82.9 Å². The van der Waals surface area contributed by atoms with Gasteiger partial charge in [-0.15, -0.1) is 0 Å². The van der Waals surface area contributed by atoms with Crippen LogP contribution < -0.4 is 5.43 Å². The molecule has 3 rings (SSSR count). The van der Waals surface area contributed by atoms with Gasteiger partial charge in [-0.3, -0.25) is 9.78 Å². The van der Waals surface area contributed by atoms with Gasteiger partial charge in [0.15, 0.2) is 0 Å². The monoisotopic (exact) mass is 346 g/mol. The number of carbonyl (C=O) groups is 1. The van der Waals surface area contributed by atoms with Crippen molar-refractivity contribution in [2.24, 2.45) is 5.10 Å². The van der Waals surface area contributed by atoms with Crippen molar-refractivity contribution in [2.45, 2.75) is 27.2 Å². The van der Waals surface area contributed by atoms with E-state index in [1.165, 1.54) is 11.8 Å². The zero-order chi connectivity index (χ0) is 18.5. The van der Waals surface area contributed by atoms with Crippen LogP contribution in [0.4, 0.5) is 0 Å². The highest BCUT2D eigenvalue weighted by molar-refractivity contribution is 5.94. The van der Waals surface area contributed by atoms with Gasteiger partial charge in [-0.2, -0.15) is 5.10 Å². The lowest BCUT2D eigenvalue weighted by Crippen LogP contribution is -2.17. The number of rotatable bonds is 5. The number of carbonyl (C=O) groups excluding carboxylic acids is 1. The van der Waals surface area contributed by atoms with Gasteiger partial charge in [0, 0.05) is 35.0 Å². The van der Waals surface area contributed by atoms with Gasteiger partial charge in [-0.1, -0.05) is 19.1 Å². The normalized spacial score (nSPS) is 11.0. The van der Waals surface area contributed by atoms with Crippen LogP contribution in [-0.2, 0) is 6.42 Å². The number of pyridine rings is 1. The van der Waals surface area contributed by atoms with E-state index in [1.54, 1.807) is 24.5 Å². The molecule has 0 fully saturated rings. The standard InChI is InChI=1S/C21H22N4O/c1-4-17-7-9-20(10-8-17)25-15(2)12-19(16(25)3)14-23-24-21(26)18-6-5-11-22-13-18/h5-14H,4H2,1-3H3,(H,24,26)/b23-14-. The second-order valence-corrected chi connectivity index (χ2v) is 6.12. The van der Waals surface area contributed by atoms with Gasteiger partial charge in [-0.05, 0) is 56.2 Å². The molecule has 0 aliphatic heterocycles. The van der Waals surface area contributed by atoms with Crippen molar-refractivity contribution in [3.63, 3.8) is 0 Å². The highest BCUT2D eigenvalue weighted by Crippen LogP contribution is 2.20. The number of aromatic nitrogens is 2. The molecule has 3 aromatic rings. The molecule has 0 atom stereocenters. The summed E-state index contributed by atoms with van der Waals surface area (Å²) in [5.74, 6) is -0.279. The summed E-state index contributed by atoms with van der Waals surface area (Å²) in [6, 6.07) is 14.0. The number of hydrogen-bond acceptors (Lipinski definition) is 3. The minimum atomic E-state index is -0.279. The average Bonchev–Trinajstić information content (AvgIpc) is 2.96. The van der Waals surface area contributed by atoms with Gasteiger partial charge >= 0.3 is 0 Å². The van der Waals surface area contributed by atoms with Crippen LogP contribution in [0.1, 0.15) is 39.8 Å². The van der Waals surface area contributed by atoms with Crippen molar-refractivity contribution in [1.29, 1.82) is 0 Å². The van der Waals surface area contributed by atoms with E-state index in [0.29, 0.717) is 5.56 Å². The number of nitrogens with zero attached hydrogens (tertiary/aromatic N) is 3. The molecule has 0 bridgehead atoms. The summed E-state index contributed by atoms with van der Waals surface area (Å²) < 4.78 is 2.18. The van der Waals surface area contributed by atoms with Crippen LogP contribution in [0.2, 0.25) is 0 Å². The number of hydrogen-bond donors (Lipinski definition) is 1. The van der Waals surface area contributed by atoms with Crippen LogP contribution in [0.25, 0.3) is 5.69 Å². The molecule has 5 heteroatoms. The predicted octanol–water partition coefficient (Wildman–Crippen LogP) is 3.82. The third kappa shape index (κ3) is 3.72. The first-order valence-electron chi connectivity index (χ1n) is 8.62. The number of benzene rings is 1. The molecule has 0 spiro atoms. The van der Waals surface area contributed by atoms with Crippen molar-refractivity contribution in [2.75, 3.05) is 0 Å². The first-order valence-corrected chi connectivity index (χ1v) is 8.62. The van der Waals surface area contributed by atoms with Crippen molar-refractivity contribution in [3.8, 4) is 5.69 Å². The molecule has 0 unspecified atom stereocenters. The van der Waals surface area contributed by atoms with Gasteiger partial charge in [0.1, 0.15) is 0 Å². The first-order chi connectivity index (χ1) is 12.6. The second kappa shape index (κ2) is 7.78. The largest absolute Gasteiger partial charge is 0.318 e. The van der Waals surface area contributed by atoms with Crippen LogP contribution in [0.15, 0.2) is 60.0 Å². The minimum Gasteiger partial charge on any atom is -0.318 e. The molecular formula is C21H22N4O. The summed E-state index contributed by atoms with van der Waals surface area (Å²) in [5, 5.41) is 4.09. The maximum atomic E-state index is 12.0. The van der Waals surface area contributed by atoms with Crippen molar-refractivity contribution >= 4 is 12.1 Å². The summed E-state index contributed by atoms with van der Waals surface area (Å²) in [4.78, 5) is 15.9. The van der Waals surface area contributed by atoms with Crippen LogP contribution in [0.3, 0.4) is 0 Å². The number of hydrazone groups is 1. The maximum absolute atomic E-state index is 12.0. The van der Waals surface area contributed by atoms with Crippen LogP contribution in [-0.4, -0.2) is 21.7 Å². The van der Waals surface area contributed by atoms with E-state index in [9.17, 15) is 4.79 Å². The van der Waals surface area contributed by atoms with Crippen molar-refractivity contribution < 1.29 is 4.79 Å². The molecule has 0 radical (unpaired) electrons. The number of nitrogens with one attached hydrogen (secondary N) is 1. The third-order valence-corrected chi connectivity index (χ3v) is 4.37. The van der Waals surface area contributed by atoms with Gasteiger partial charge < -0.3 is 4.57 Å². The summed E-state index contributed by atoms with van der Waals surface area (Å²) in [6.07, 6.45) is 5.84. The quantitative estimate of drug-likeness (QED) is 0.564. The Labute approximate surface area is 153 Å². The highest BCUT2D eigenvalue weighted by Gasteiger charge is 2.10. The Morgan fingerprint density at radius 1 is 1.23 bits per heavy atom. The molecule has 2 aromatic heterocycles. The fourth-order valence-electron chi connectivity index (χ4n) is 2.92. The van der Waals surface area contributed by atoms with Gasteiger partial charge in [-0.25, -0.2) is 5.43 Å². The topological polar surface area (TPSA) is 59.3 Å². The molecule has 2 heterocycles. The summed E-state index contributed by atoms with van der Waals surface area (Å²) >= 11 is 0. The molecule has 132 valence electrons. The van der Waals surface area contributed by atoms with E-state index >= 15 is 0 Å². The Kier molecular flexibility index (Phi) is 5.27. The number of aryl methyl sites for hydroxylation is 2. The Balaban J connectivity index is 1.78. The Morgan fingerprint density at radius 3 is 2.65 bits per heavy atom. The fraction of sp³-hybridized carbons (Fsp3) is 0.190. The van der Waals surface area contributed by atoms with E-state index in [2.05, 4.69) is 64.3 Å². The molecule has 5 nitrogen and oxygen atoms in total. The molecule has 26 heavy (non-hydrogen) atoms. The number of amides is 1. The van der Waals surface area contributed by atoms with E-state index in [1.807, 2.05) is 6.92 Å². The second-order valence-electron chi connectivity index (χ2n) is 6.12. The smallest absolute Gasteiger partial charge is 0.272 e. The molecule has 0 aliphatic rings. The highest BCUT2D eigenvalue weighted by atomic mass is 16.2. The average molecular weight is 346 g/mol. The molecule has 0 aliphatic carbocycles. The summed E-state index contributed by atoms with van der Waals surface area (Å²) in [7, 11) is 0. The van der Waals surface area contributed by atoms with Crippen molar-refractivity contribution in [1.82, 2.24) is 15.0 Å². The Hall–Kier alpha value is -3.21. The zero-order valence-electron chi connectivity index (χ0n) is 15.2. The lowest BCUT2D eigenvalue weighted by Gasteiger charge is -2.10. The van der Waals surface area contributed by atoms with E-state index < -0.39 is 0 Å². The zero-order valence-corrected chi connectivity index (χ0v) is 15.2. The van der Waals surface area contributed by atoms with Crippen LogP contribution >= 0.6 is 0 Å². The van der Waals surface area contributed by atoms with E-state index in [0.717, 1.165) is 29.1 Å². The Morgan fingerprint density at radius 2 is 2.00 bits per heavy atom. The van der Waals surface area contributed by atoms with E-state index in [4.69, 9.17) is 0 Å². The van der Waals surface area contributed by atoms with Crippen LogP contribution in [0, 0.1) is 13.8 Å². The molecule has 1 N–H and O–H groups in total. The Bertz CT molecular complexity index is 925. The fourth-order valence-corrected chi connectivity index (χ4v) is 2.92. The van der Waals surface area contributed by atoms with Gasteiger partial charge in [0.25, 0.3) is 5.91 Å². The molecular weight excluding hydrogens is 324 g/mol. The first kappa shape index (κ1) is 17.6. The third-order valence-electron chi connectivity index (χ3n) is 4.37. The predicted molar refractivity (Wildman–Crippen MR) is 104 cm³/mol. The lowest BCUT2D eigenvalue weighted by atomic mass is 10.1. The van der Waals surface area contributed by atoms with Gasteiger partial charge in [0.05, 0.1) is 11.8 Å². The molecule has 0 saturated heterocycles. The molecule has 0 saturated carbocycles. The van der Waals surface area contributed by atoms with E-state index in [-0.39, 0.29) is 5.91 Å². The summed E-state index contributed by atoms with van der Waals surface area (Å²) in [6.45, 7) is 6.26.